The molecule has 0 aliphatic carbocycles. The fourth-order valence-corrected chi connectivity index (χ4v) is 3.56. The van der Waals surface area contributed by atoms with Crippen molar-refractivity contribution >= 4 is 17.2 Å². The number of imidazole rings is 1. The molecule has 1 atom stereocenters. The van der Waals surface area contributed by atoms with Crippen molar-refractivity contribution in [2.75, 3.05) is 13.1 Å². The number of thiazole rings is 1. The summed E-state index contributed by atoms with van der Waals surface area (Å²) >= 11 is 1.52. The van der Waals surface area contributed by atoms with E-state index in [4.69, 9.17) is 10.7 Å². The highest BCUT2D eigenvalue weighted by Gasteiger charge is 2.30. The van der Waals surface area contributed by atoms with Crippen LogP contribution in [-0.2, 0) is 17.8 Å². The minimum atomic E-state index is -1.24. The number of halogens is 1. The Balaban J connectivity index is 1.83. The fraction of sp³-hybridized carbons (Fsp3) is 0.381. The van der Waals surface area contributed by atoms with E-state index in [2.05, 4.69) is 27.0 Å². The van der Waals surface area contributed by atoms with Crippen LogP contribution in [0.1, 0.15) is 25.2 Å². The number of aromatic nitrogens is 3. The first-order valence-corrected chi connectivity index (χ1v) is 10.4. The van der Waals surface area contributed by atoms with E-state index >= 15 is 0 Å². The first-order chi connectivity index (χ1) is 13.9. The van der Waals surface area contributed by atoms with Crippen molar-refractivity contribution in [3.8, 4) is 10.7 Å². The van der Waals surface area contributed by atoms with Crippen LogP contribution in [0.4, 0.5) is 4.39 Å². The van der Waals surface area contributed by atoms with Gasteiger partial charge in [-0.2, -0.15) is 0 Å². The summed E-state index contributed by atoms with van der Waals surface area (Å²) in [6.07, 6.45) is 2.89. The molecular weight excluding hydrogens is 389 g/mol. The second-order valence-electron chi connectivity index (χ2n) is 7.60. The Hall–Kier alpha value is -2.58. The van der Waals surface area contributed by atoms with E-state index in [0.29, 0.717) is 13.0 Å². The first kappa shape index (κ1) is 21.1. The minimum absolute atomic E-state index is 0.0818. The number of rotatable bonds is 9. The number of nitrogens with two attached hydrogens (primary N) is 1. The Bertz CT molecular complexity index is 924. The molecule has 6 nitrogen and oxygen atoms in total. The molecule has 0 aliphatic heterocycles. The Morgan fingerprint density at radius 2 is 2.10 bits per heavy atom. The van der Waals surface area contributed by atoms with Gasteiger partial charge in [0.2, 0.25) is 5.91 Å². The fourth-order valence-electron chi connectivity index (χ4n) is 2.97. The average molecular weight is 416 g/mol. The summed E-state index contributed by atoms with van der Waals surface area (Å²) in [5, 5.41) is 5.40. The summed E-state index contributed by atoms with van der Waals surface area (Å²) in [6.45, 7) is 4.12. The van der Waals surface area contributed by atoms with Crippen LogP contribution in [0.15, 0.2) is 48.1 Å². The summed E-state index contributed by atoms with van der Waals surface area (Å²) < 4.78 is 15.5. The number of carbonyl (C=O) groups is 1. The van der Waals surface area contributed by atoms with Crippen LogP contribution < -0.4 is 11.1 Å². The highest BCUT2D eigenvalue weighted by molar-refractivity contribution is 7.13. The van der Waals surface area contributed by atoms with E-state index in [9.17, 15) is 9.18 Å². The Labute approximate surface area is 174 Å². The summed E-state index contributed by atoms with van der Waals surface area (Å²) in [5.74, 6) is 0.563. The number of carbonyl (C=O) groups excluding carboxylic acids is 1. The topological polar surface area (TPSA) is 85.8 Å². The van der Waals surface area contributed by atoms with Crippen molar-refractivity contribution in [1.82, 2.24) is 19.9 Å². The number of hydrogen-bond donors (Lipinski definition) is 2. The molecule has 0 fully saturated rings. The molecule has 1 aromatic carbocycles. The van der Waals surface area contributed by atoms with Gasteiger partial charge in [-0.3, -0.25) is 4.79 Å². The molecule has 29 heavy (non-hydrogen) atoms. The second-order valence-corrected chi connectivity index (χ2v) is 8.49. The molecule has 8 heteroatoms. The van der Waals surface area contributed by atoms with Gasteiger partial charge in [-0.25, -0.2) is 14.4 Å². The number of alkyl halides is 1. The molecule has 0 unspecified atom stereocenters. The maximum absolute atomic E-state index is 13.4. The first-order valence-electron chi connectivity index (χ1n) is 9.51. The van der Waals surface area contributed by atoms with Gasteiger partial charge in [0.1, 0.15) is 22.7 Å². The molecule has 0 bridgehead atoms. The minimum Gasteiger partial charge on any atom is -0.353 e. The molecule has 0 saturated heterocycles. The zero-order valence-electron chi connectivity index (χ0n) is 16.6. The van der Waals surface area contributed by atoms with E-state index in [-0.39, 0.29) is 19.0 Å². The molecule has 3 aromatic rings. The predicted molar refractivity (Wildman–Crippen MR) is 113 cm³/mol. The van der Waals surface area contributed by atoms with Crippen LogP contribution in [-0.4, -0.2) is 39.7 Å². The Morgan fingerprint density at radius 3 is 2.76 bits per heavy atom. The summed E-state index contributed by atoms with van der Waals surface area (Å²) in [4.78, 5) is 21.7. The third-order valence-corrected chi connectivity index (χ3v) is 5.46. The SMILES string of the molecule is CC(C)(Cc1nc(-c2nccs2)cn1Cc1ccccc1)C(=O)NC[C@H](F)CN. The highest BCUT2D eigenvalue weighted by atomic mass is 32.1. The van der Waals surface area contributed by atoms with Crippen LogP contribution >= 0.6 is 11.3 Å². The number of nitrogens with zero attached hydrogens (tertiary/aromatic N) is 3. The van der Waals surface area contributed by atoms with Crippen molar-refractivity contribution in [2.24, 2.45) is 11.1 Å². The van der Waals surface area contributed by atoms with Gasteiger partial charge in [0.05, 0.1) is 12.0 Å². The number of amides is 1. The van der Waals surface area contributed by atoms with Crippen LogP contribution in [0.25, 0.3) is 10.7 Å². The quantitative estimate of drug-likeness (QED) is 0.562. The normalized spacial score (nSPS) is 12.7. The maximum atomic E-state index is 13.4. The third-order valence-electron chi connectivity index (χ3n) is 4.66. The lowest BCUT2D eigenvalue weighted by atomic mass is 9.87. The van der Waals surface area contributed by atoms with E-state index in [0.717, 1.165) is 22.1 Å². The van der Waals surface area contributed by atoms with Crippen molar-refractivity contribution in [3.05, 3.63) is 59.5 Å². The third kappa shape index (κ3) is 5.48. The number of hydrogen-bond acceptors (Lipinski definition) is 5. The van der Waals surface area contributed by atoms with E-state index < -0.39 is 11.6 Å². The average Bonchev–Trinajstić information content (AvgIpc) is 3.37. The standard InChI is InChI=1S/C21H26FN5OS/c1-21(2,20(28)25-12-16(22)11-23)10-18-26-17(19-24-8-9-29-19)14-27(18)13-15-6-4-3-5-7-15/h3-9,14,16H,10-13,23H2,1-2H3,(H,25,28)/t16-/m1/s1. The van der Waals surface area contributed by atoms with Crippen LogP contribution in [0.5, 0.6) is 0 Å². The molecule has 3 rings (SSSR count). The second kappa shape index (κ2) is 9.28. The predicted octanol–water partition coefficient (Wildman–Crippen LogP) is 3.04. The lowest BCUT2D eigenvalue weighted by Crippen LogP contribution is -2.42. The molecular formula is C21H26FN5OS. The number of benzene rings is 1. The zero-order chi connectivity index (χ0) is 20.9. The largest absolute Gasteiger partial charge is 0.353 e. The highest BCUT2D eigenvalue weighted by Crippen LogP contribution is 2.27. The van der Waals surface area contributed by atoms with Gasteiger partial charge in [0.25, 0.3) is 0 Å². The lowest BCUT2D eigenvalue weighted by Gasteiger charge is -2.24. The van der Waals surface area contributed by atoms with Gasteiger partial charge >= 0.3 is 0 Å². The number of nitrogens with one attached hydrogen (secondary N) is 1. The van der Waals surface area contributed by atoms with Gasteiger partial charge < -0.3 is 15.6 Å². The zero-order valence-corrected chi connectivity index (χ0v) is 17.5. The van der Waals surface area contributed by atoms with E-state index in [1.807, 2.05) is 43.6 Å². The van der Waals surface area contributed by atoms with E-state index in [1.54, 1.807) is 6.20 Å². The Kier molecular flexibility index (Phi) is 6.76. The van der Waals surface area contributed by atoms with Crippen LogP contribution in [0, 0.1) is 5.41 Å². The molecule has 0 radical (unpaired) electrons. The van der Waals surface area contributed by atoms with Crippen molar-refractivity contribution in [3.63, 3.8) is 0 Å². The smallest absolute Gasteiger partial charge is 0.226 e. The van der Waals surface area contributed by atoms with E-state index in [1.165, 1.54) is 11.3 Å². The molecule has 3 N–H and O–H groups in total. The van der Waals surface area contributed by atoms with Gasteiger partial charge in [-0.05, 0) is 5.56 Å². The summed E-state index contributed by atoms with van der Waals surface area (Å²) in [5.41, 5.74) is 6.46. The van der Waals surface area contributed by atoms with Crippen molar-refractivity contribution in [2.45, 2.75) is 33.0 Å². The van der Waals surface area contributed by atoms with Gasteiger partial charge in [-0.15, -0.1) is 11.3 Å². The summed E-state index contributed by atoms with van der Waals surface area (Å²) in [7, 11) is 0. The van der Waals surface area contributed by atoms with Crippen LogP contribution in [0.2, 0.25) is 0 Å². The van der Waals surface area contributed by atoms with Crippen molar-refractivity contribution < 1.29 is 9.18 Å². The van der Waals surface area contributed by atoms with Gasteiger partial charge in [0, 0.05) is 37.3 Å². The molecule has 0 spiro atoms. The van der Waals surface area contributed by atoms with Crippen molar-refractivity contribution in [1.29, 1.82) is 0 Å². The molecule has 0 aliphatic rings. The van der Waals surface area contributed by atoms with Gasteiger partial charge in [-0.1, -0.05) is 44.2 Å². The molecule has 0 saturated carbocycles. The molecule has 2 aromatic heterocycles. The van der Waals surface area contributed by atoms with Crippen LogP contribution in [0.3, 0.4) is 0 Å². The molecule has 1 amide bonds. The summed E-state index contributed by atoms with van der Waals surface area (Å²) in [6, 6.07) is 10.1. The molecule has 2 heterocycles. The Morgan fingerprint density at radius 1 is 1.34 bits per heavy atom. The monoisotopic (exact) mass is 415 g/mol. The van der Waals surface area contributed by atoms with Gasteiger partial charge in [0.15, 0.2) is 0 Å². The molecule has 154 valence electrons. The lowest BCUT2D eigenvalue weighted by molar-refractivity contribution is -0.129. The maximum Gasteiger partial charge on any atom is 0.226 e.